The molecule has 318 valence electrons. The number of sulfonamides is 1. The number of nitrogens with zero attached hydrogens (tertiary/aromatic N) is 2. The Morgan fingerprint density at radius 3 is 2.63 bits per heavy atom. The van der Waals surface area contributed by atoms with Crippen LogP contribution < -0.4 is 29.6 Å². The summed E-state index contributed by atoms with van der Waals surface area (Å²) in [5.74, 6) is -1.37. The second-order valence-corrected chi connectivity index (χ2v) is 19.5. The van der Waals surface area contributed by atoms with Gasteiger partial charge in [-0.25, -0.2) is 18.2 Å². The first-order valence-electron chi connectivity index (χ1n) is 20.1. The molecule has 17 heteroatoms. The van der Waals surface area contributed by atoms with Crippen LogP contribution in [-0.2, 0) is 42.2 Å². The van der Waals surface area contributed by atoms with E-state index >= 15 is 0 Å². The van der Waals surface area contributed by atoms with Crippen LogP contribution >= 0.6 is 11.3 Å². The highest BCUT2D eigenvalue weighted by Gasteiger charge is 2.61. The zero-order valence-corrected chi connectivity index (χ0v) is 35.5. The zero-order valence-electron chi connectivity index (χ0n) is 33.9. The highest BCUT2D eigenvalue weighted by molar-refractivity contribution is 7.89. The van der Waals surface area contributed by atoms with E-state index < -0.39 is 63.5 Å². The van der Waals surface area contributed by atoms with E-state index in [1.807, 2.05) is 47.5 Å². The predicted octanol–water partition coefficient (Wildman–Crippen LogP) is 5.02. The van der Waals surface area contributed by atoms with E-state index in [-0.39, 0.29) is 43.9 Å². The molecule has 0 radical (unpaired) electrons. The van der Waals surface area contributed by atoms with Crippen LogP contribution in [0.4, 0.5) is 4.79 Å². The lowest BCUT2D eigenvalue weighted by Crippen LogP contribution is -2.59. The Balaban J connectivity index is 1.28. The number of hydrogen-bond donors (Lipinski definition) is 3. The summed E-state index contributed by atoms with van der Waals surface area (Å²) in [5, 5.41) is 10.3. The van der Waals surface area contributed by atoms with Crippen molar-refractivity contribution in [3.05, 3.63) is 58.8 Å². The van der Waals surface area contributed by atoms with Gasteiger partial charge >= 0.3 is 6.09 Å². The van der Waals surface area contributed by atoms with Crippen molar-refractivity contribution in [1.82, 2.24) is 25.2 Å². The van der Waals surface area contributed by atoms with Crippen LogP contribution in [0.15, 0.2) is 47.7 Å². The number of hydrogen-bond acceptors (Lipinski definition) is 12. The van der Waals surface area contributed by atoms with Crippen molar-refractivity contribution < 1.29 is 46.5 Å². The average Bonchev–Trinajstić information content (AvgIpc) is 3.68. The lowest BCUT2D eigenvalue weighted by Gasteiger charge is -2.32. The third-order valence-corrected chi connectivity index (χ3v) is 13.2. The molecule has 3 N–H and O–H groups in total. The van der Waals surface area contributed by atoms with Gasteiger partial charge in [-0.15, -0.1) is 6.58 Å². The second-order valence-electron chi connectivity index (χ2n) is 17.0. The lowest BCUT2D eigenvalue weighted by molar-refractivity contribution is -0.142. The minimum absolute atomic E-state index is 0.0219. The van der Waals surface area contributed by atoms with Crippen molar-refractivity contribution in [3.63, 3.8) is 0 Å². The molecule has 2 aromatic heterocycles. The molecule has 4 amide bonds. The maximum Gasteiger partial charge on any atom is 0.407 e. The largest absolute Gasteiger partial charge is 0.496 e. The number of nitrogens with one attached hydrogen (secondary N) is 3. The topological polar surface area (TPSA) is 192 Å². The summed E-state index contributed by atoms with van der Waals surface area (Å²) in [5.41, 5.74) is 0.509. The number of benzene rings is 1. The first-order valence-corrected chi connectivity index (χ1v) is 22.9. The molecule has 4 heterocycles. The Morgan fingerprint density at radius 1 is 1.17 bits per heavy atom. The minimum Gasteiger partial charge on any atom is -0.496 e. The van der Waals surface area contributed by atoms with Crippen LogP contribution in [-0.4, -0.2) is 92.4 Å². The number of aryl methyl sites for hydroxylation is 1. The normalized spacial score (nSPS) is 26.2. The van der Waals surface area contributed by atoms with Gasteiger partial charge in [0.25, 0.3) is 5.91 Å². The van der Waals surface area contributed by atoms with Crippen LogP contribution in [0.5, 0.6) is 17.4 Å². The fourth-order valence-electron chi connectivity index (χ4n) is 8.59. The van der Waals surface area contributed by atoms with Gasteiger partial charge in [0, 0.05) is 35.4 Å². The van der Waals surface area contributed by atoms with E-state index in [4.69, 9.17) is 23.9 Å². The van der Waals surface area contributed by atoms with Crippen molar-refractivity contribution >= 4 is 56.1 Å². The maximum absolute atomic E-state index is 14.9. The third-order valence-electron chi connectivity index (χ3n) is 11.9. The second kappa shape index (κ2) is 17.0. The number of methoxy groups -OCH3 is 1. The first-order chi connectivity index (χ1) is 28.1. The van der Waals surface area contributed by atoms with Crippen LogP contribution in [0.2, 0.25) is 0 Å². The van der Waals surface area contributed by atoms with Crippen LogP contribution in [0.1, 0.15) is 76.3 Å². The molecule has 2 aliphatic carbocycles. The molecule has 4 aliphatic rings. The summed E-state index contributed by atoms with van der Waals surface area (Å²) in [7, 11) is -2.35. The molecule has 0 unspecified atom stereocenters. The van der Waals surface area contributed by atoms with Gasteiger partial charge in [-0.05, 0) is 78.3 Å². The van der Waals surface area contributed by atoms with Crippen LogP contribution in [0.25, 0.3) is 10.9 Å². The molecule has 1 saturated heterocycles. The molecular weight excluding hydrogens is 799 g/mol. The number of pyridine rings is 1. The van der Waals surface area contributed by atoms with E-state index in [9.17, 15) is 27.6 Å². The highest BCUT2D eigenvalue weighted by atomic mass is 32.2. The van der Waals surface area contributed by atoms with E-state index in [1.165, 1.54) is 11.0 Å². The third kappa shape index (κ3) is 9.61. The van der Waals surface area contributed by atoms with E-state index in [0.29, 0.717) is 47.5 Å². The number of alkyl carbamates (subject to hydrolysis) is 1. The van der Waals surface area contributed by atoms with Gasteiger partial charge in [-0.2, -0.15) is 11.3 Å². The molecule has 4 bridgehead atoms. The van der Waals surface area contributed by atoms with Gasteiger partial charge in [-0.1, -0.05) is 32.8 Å². The molecule has 1 aromatic carbocycles. The van der Waals surface area contributed by atoms with Gasteiger partial charge in [0.1, 0.15) is 41.8 Å². The van der Waals surface area contributed by atoms with Gasteiger partial charge < -0.3 is 34.5 Å². The number of carbonyl (C=O) groups is 4. The van der Waals surface area contributed by atoms with Crippen molar-refractivity contribution in [2.45, 2.75) is 102 Å². The van der Waals surface area contributed by atoms with Crippen LogP contribution in [0, 0.1) is 17.3 Å². The first kappa shape index (κ1) is 42.2. The number of ether oxygens (including phenoxy) is 4. The summed E-state index contributed by atoms with van der Waals surface area (Å²) in [6.07, 6.45) is 6.36. The molecule has 59 heavy (non-hydrogen) atoms. The van der Waals surface area contributed by atoms with E-state index in [0.717, 1.165) is 43.1 Å². The predicted molar refractivity (Wildman–Crippen MR) is 221 cm³/mol. The quantitative estimate of drug-likeness (QED) is 0.232. The number of carbonyl (C=O) groups excluding carboxylic acids is 4. The van der Waals surface area contributed by atoms with Crippen LogP contribution in [0.3, 0.4) is 0 Å². The smallest absolute Gasteiger partial charge is 0.407 e. The molecule has 3 fully saturated rings. The molecule has 2 saturated carbocycles. The molecular formula is C42H53N5O10S2. The monoisotopic (exact) mass is 851 g/mol. The molecule has 15 nitrogen and oxygen atoms in total. The van der Waals surface area contributed by atoms with E-state index in [1.54, 1.807) is 24.5 Å². The van der Waals surface area contributed by atoms with Crippen molar-refractivity contribution in [2.24, 2.45) is 17.3 Å². The summed E-state index contributed by atoms with van der Waals surface area (Å²) >= 11 is 1.56. The SMILES string of the molecule is C=C[C@H]1C[C@]1(NC(=O)[C@@H]1C[C@@H]2CN1C(=O)[C@H](C1CCCC1)NC(=O)OCC(C)(C)CCCc1cc3c(cc(OCc4ccsc4)nc3cc1OC)O2)C(=O)NS(C)(=O)=O. The number of fused-ring (bicyclic) bond motifs is 3. The summed E-state index contributed by atoms with van der Waals surface area (Å²) in [4.78, 5) is 62.4. The van der Waals surface area contributed by atoms with Crippen molar-refractivity contribution in [2.75, 3.05) is 26.5 Å². The Bertz CT molecular complexity index is 2210. The zero-order chi connectivity index (χ0) is 42.1. The number of aromatic nitrogens is 1. The molecule has 0 spiro atoms. The lowest BCUT2D eigenvalue weighted by atomic mass is 9.87. The standard InChI is InChI=1S/C42H53N5O10S2/c1-6-28-20-42(28,39(50)46-59(5,52)53)45-37(48)32-17-29-21-47(32)38(49)36(26-10-7-8-11-26)44-40(51)56-24-41(2,3)14-9-12-27-16-30-31(18-33(27)54-4)43-35(19-34(30)57-29)55-22-25-13-15-58-23-25/h6,13,15-16,18-19,23,26,28-29,32,36H,1,7-12,14,17,20-22,24H2,2-5H3,(H,44,51)(H,45,48)(H,46,50)/t28-,29+,32-,36-,42+/m0/s1. The van der Waals surface area contributed by atoms with E-state index in [2.05, 4.69) is 17.2 Å². The summed E-state index contributed by atoms with van der Waals surface area (Å²) in [6.45, 7) is 8.19. The number of rotatable bonds is 10. The maximum atomic E-state index is 14.9. The molecule has 3 aromatic rings. The Hall–Kier alpha value is -4.90. The fourth-order valence-corrected chi connectivity index (χ4v) is 9.77. The van der Waals surface area contributed by atoms with Crippen molar-refractivity contribution in [3.8, 4) is 17.4 Å². The highest BCUT2D eigenvalue weighted by Crippen LogP contribution is 2.45. The summed E-state index contributed by atoms with van der Waals surface area (Å²) in [6, 6.07) is 5.39. The minimum atomic E-state index is -3.96. The number of amides is 4. The fraction of sp³-hybridized carbons (Fsp3) is 0.548. The van der Waals surface area contributed by atoms with Gasteiger partial charge in [-0.3, -0.25) is 19.1 Å². The Labute approximate surface area is 348 Å². The van der Waals surface area contributed by atoms with Crippen molar-refractivity contribution in [1.29, 1.82) is 0 Å². The molecule has 5 atom stereocenters. The number of thiophene rings is 1. The Kier molecular flexibility index (Phi) is 12.2. The average molecular weight is 852 g/mol. The van der Waals surface area contributed by atoms with Gasteiger partial charge in [0.2, 0.25) is 27.7 Å². The van der Waals surface area contributed by atoms with Gasteiger partial charge in [0.15, 0.2) is 0 Å². The van der Waals surface area contributed by atoms with Gasteiger partial charge in [0.05, 0.1) is 32.0 Å². The molecule has 7 rings (SSSR count). The summed E-state index contributed by atoms with van der Waals surface area (Å²) < 4.78 is 50.7. The number of cyclic esters (lactones) is 1. The molecule has 2 aliphatic heterocycles. The Morgan fingerprint density at radius 2 is 1.95 bits per heavy atom.